The lowest BCUT2D eigenvalue weighted by atomic mass is 10.1. The molecule has 0 atom stereocenters. The van der Waals surface area contributed by atoms with Gasteiger partial charge in [0.25, 0.3) is 0 Å². The number of anilines is 1. The Morgan fingerprint density at radius 2 is 1.50 bits per heavy atom. The van der Waals surface area contributed by atoms with Crippen LogP contribution in [-0.2, 0) is 19.1 Å². The summed E-state index contributed by atoms with van der Waals surface area (Å²) in [5.74, 6) is -0.863. The van der Waals surface area contributed by atoms with E-state index in [1.807, 2.05) is 13.0 Å². The van der Waals surface area contributed by atoms with E-state index >= 15 is 0 Å². The van der Waals surface area contributed by atoms with Crippen molar-refractivity contribution in [3.8, 4) is 0 Å². The van der Waals surface area contributed by atoms with Crippen LogP contribution in [0.4, 0.5) is 17.1 Å². The number of nitrogens with zero attached hydrogens (tertiary/aromatic N) is 3. The molecule has 7 nitrogen and oxygen atoms in total. The average Bonchev–Trinajstić information content (AvgIpc) is 2.69. The number of carbonyl (C=O) groups excluding carboxylic acids is 2. The summed E-state index contributed by atoms with van der Waals surface area (Å²) in [6, 6.07) is 10.3. The van der Waals surface area contributed by atoms with E-state index in [-0.39, 0.29) is 26.3 Å². The first kappa shape index (κ1) is 23.6. The maximum Gasteiger partial charge on any atom is 0.325 e. The molecular formula is C21H23Cl2N3O4. The standard InChI is InChI=1S/C21H23Cl2N3O4/c1-4-29-20(27)12-26(13-21(28)30-5-2)16-7-9-18(14(3)10-16)24-25-19-11-15(22)6-8-17(19)23/h6-11H,4-5,12-13H2,1-3H3. The molecule has 2 rings (SSSR count). The molecule has 0 N–H and O–H groups in total. The second-order valence-corrected chi connectivity index (χ2v) is 7.08. The molecule has 0 saturated heterocycles. The van der Waals surface area contributed by atoms with Crippen molar-refractivity contribution in [2.45, 2.75) is 20.8 Å². The van der Waals surface area contributed by atoms with E-state index in [0.717, 1.165) is 5.56 Å². The minimum atomic E-state index is -0.432. The van der Waals surface area contributed by atoms with E-state index in [0.29, 0.717) is 27.1 Å². The van der Waals surface area contributed by atoms with Crippen molar-refractivity contribution in [1.29, 1.82) is 0 Å². The van der Waals surface area contributed by atoms with Gasteiger partial charge in [0, 0.05) is 10.7 Å². The Hall–Kier alpha value is -2.64. The van der Waals surface area contributed by atoms with Gasteiger partial charge in [0.05, 0.1) is 23.9 Å². The molecule has 30 heavy (non-hydrogen) atoms. The molecule has 0 radical (unpaired) electrons. The number of benzene rings is 2. The van der Waals surface area contributed by atoms with Crippen LogP contribution in [0, 0.1) is 6.92 Å². The van der Waals surface area contributed by atoms with Crippen LogP contribution in [0.1, 0.15) is 19.4 Å². The van der Waals surface area contributed by atoms with Gasteiger partial charge < -0.3 is 14.4 Å². The van der Waals surface area contributed by atoms with Gasteiger partial charge in [-0.25, -0.2) is 0 Å². The SMILES string of the molecule is CCOC(=O)CN(CC(=O)OCC)c1ccc(N=Nc2cc(Cl)ccc2Cl)c(C)c1. The molecule has 0 unspecified atom stereocenters. The molecular weight excluding hydrogens is 429 g/mol. The molecule has 0 spiro atoms. The molecule has 0 aliphatic heterocycles. The zero-order valence-corrected chi connectivity index (χ0v) is 18.5. The van der Waals surface area contributed by atoms with Crippen molar-refractivity contribution in [2.75, 3.05) is 31.2 Å². The third kappa shape index (κ3) is 7.00. The van der Waals surface area contributed by atoms with E-state index in [2.05, 4.69) is 10.2 Å². The van der Waals surface area contributed by atoms with Crippen LogP contribution in [0.15, 0.2) is 46.6 Å². The molecule has 0 aliphatic carbocycles. The lowest BCUT2D eigenvalue weighted by molar-refractivity contribution is -0.142. The molecule has 9 heteroatoms. The second kappa shape index (κ2) is 11.5. The molecule has 0 aliphatic rings. The highest BCUT2D eigenvalue weighted by Gasteiger charge is 2.17. The van der Waals surface area contributed by atoms with Crippen molar-refractivity contribution in [3.05, 3.63) is 52.0 Å². The highest BCUT2D eigenvalue weighted by Crippen LogP contribution is 2.31. The third-order valence-corrected chi connectivity index (χ3v) is 4.52. The zero-order valence-electron chi connectivity index (χ0n) is 17.0. The van der Waals surface area contributed by atoms with Crippen LogP contribution in [0.2, 0.25) is 10.0 Å². The second-order valence-electron chi connectivity index (χ2n) is 6.23. The van der Waals surface area contributed by atoms with E-state index in [1.54, 1.807) is 49.1 Å². The lowest BCUT2D eigenvalue weighted by Crippen LogP contribution is -2.36. The Bertz CT molecular complexity index is 914. The number of hydrogen-bond donors (Lipinski definition) is 0. The van der Waals surface area contributed by atoms with E-state index in [1.165, 1.54) is 0 Å². The van der Waals surface area contributed by atoms with Crippen LogP contribution >= 0.6 is 23.2 Å². The van der Waals surface area contributed by atoms with Gasteiger partial charge in [0.1, 0.15) is 18.8 Å². The number of hydrogen-bond acceptors (Lipinski definition) is 7. The number of carbonyl (C=O) groups is 2. The molecule has 2 aromatic rings. The summed E-state index contributed by atoms with van der Waals surface area (Å²) in [4.78, 5) is 25.5. The lowest BCUT2D eigenvalue weighted by Gasteiger charge is -2.23. The topological polar surface area (TPSA) is 80.6 Å². The summed E-state index contributed by atoms with van der Waals surface area (Å²) in [6.07, 6.45) is 0. The molecule has 160 valence electrons. The number of ether oxygens (including phenoxy) is 2. The Morgan fingerprint density at radius 1 is 0.900 bits per heavy atom. The van der Waals surface area contributed by atoms with Gasteiger partial charge in [0.2, 0.25) is 0 Å². The minimum absolute atomic E-state index is 0.0783. The van der Waals surface area contributed by atoms with E-state index in [4.69, 9.17) is 32.7 Å². The Labute approximate surface area is 185 Å². The molecule has 0 fully saturated rings. The molecule has 2 aromatic carbocycles. The normalized spacial score (nSPS) is 10.8. The Morgan fingerprint density at radius 3 is 2.07 bits per heavy atom. The zero-order chi connectivity index (χ0) is 22.1. The van der Waals surface area contributed by atoms with Crippen LogP contribution in [0.3, 0.4) is 0 Å². The first-order chi connectivity index (χ1) is 14.3. The van der Waals surface area contributed by atoms with Gasteiger partial charge in [-0.2, -0.15) is 5.11 Å². The fourth-order valence-corrected chi connectivity index (χ4v) is 2.90. The fourth-order valence-electron chi connectivity index (χ4n) is 2.58. The Kier molecular flexibility index (Phi) is 9.08. The molecule has 0 aromatic heterocycles. The number of rotatable bonds is 9. The maximum atomic E-state index is 12.0. The predicted octanol–water partition coefficient (Wildman–Crippen LogP) is 5.65. The summed E-state index contributed by atoms with van der Waals surface area (Å²) in [7, 11) is 0. The number of esters is 2. The van der Waals surface area contributed by atoms with Crippen molar-refractivity contribution >= 4 is 52.2 Å². The third-order valence-electron chi connectivity index (χ3n) is 3.97. The number of halogens is 2. The summed E-state index contributed by atoms with van der Waals surface area (Å²) in [5, 5.41) is 9.35. The summed E-state index contributed by atoms with van der Waals surface area (Å²) in [5.41, 5.74) is 2.53. The van der Waals surface area contributed by atoms with E-state index < -0.39 is 11.9 Å². The van der Waals surface area contributed by atoms with E-state index in [9.17, 15) is 9.59 Å². The van der Waals surface area contributed by atoms with Crippen LogP contribution in [0.25, 0.3) is 0 Å². The van der Waals surface area contributed by atoms with Crippen molar-refractivity contribution < 1.29 is 19.1 Å². The smallest absolute Gasteiger partial charge is 0.325 e. The van der Waals surface area contributed by atoms with Gasteiger partial charge in [0.15, 0.2) is 0 Å². The van der Waals surface area contributed by atoms with Crippen LogP contribution < -0.4 is 4.90 Å². The van der Waals surface area contributed by atoms with Gasteiger partial charge in [-0.05, 0) is 62.7 Å². The van der Waals surface area contributed by atoms with Crippen LogP contribution in [-0.4, -0.2) is 38.2 Å². The van der Waals surface area contributed by atoms with Gasteiger partial charge in [-0.15, -0.1) is 5.11 Å². The summed E-state index contributed by atoms with van der Waals surface area (Å²) >= 11 is 12.1. The largest absolute Gasteiger partial charge is 0.465 e. The van der Waals surface area contributed by atoms with Crippen LogP contribution in [0.5, 0.6) is 0 Å². The number of azo groups is 1. The predicted molar refractivity (Wildman–Crippen MR) is 117 cm³/mol. The molecule has 0 saturated carbocycles. The molecule has 0 amide bonds. The summed E-state index contributed by atoms with van der Waals surface area (Å²) < 4.78 is 10.0. The highest BCUT2D eigenvalue weighted by atomic mass is 35.5. The minimum Gasteiger partial charge on any atom is -0.465 e. The Balaban J connectivity index is 2.25. The average molecular weight is 452 g/mol. The van der Waals surface area contributed by atoms with Gasteiger partial charge in [-0.1, -0.05) is 23.2 Å². The molecule has 0 heterocycles. The fraction of sp³-hybridized carbons (Fsp3) is 0.333. The van der Waals surface area contributed by atoms with Gasteiger partial charge in [-0.3, -0.25) is 9.59 Å². The summed E-state index contributed by atoms with van der Waals surface area (Å²) in [6.45, 7) is 5.67. The van der Waals surface area contributed by atoms with Gasteiger partial charge >= 0.3 is 11.9 Å². The van der Waals surface area contributed by atoms with Crippen molar-refractivity contribution in [2.24, 2.45) is 10.2 Å². The first-order valence-electron chi connectivity index (χ1n) is 9.37. The maximum absolute atomic E-state index is 12.0. The first-order valence-corrected chi connectivity index (χ1v) is 10.1. The highest BCUT2D eigenvalue weighted by molar-refractivity contribution is 6.35. The number of aryl methyl sites for hydroxylation is 1. The molecule has 0 bridgehead atoms. The monoisotopic (exact) mass is 451 g/mol. The van der Waals surface area contributed by atoms with Crippen molar-refractivity contribution in [1.82, 2.24) is 0 Å². The van der Waals surface area contributed by atoms with Crippen molar-refractivity contribution in [3.63, 3.8) is 0 Å². The quantitative estimate of drug-likeness (QED) is 0.363.